The number of Topliss-reactive ketones (excluding diaryl/α,β-unsaturated/α-hetero) is 1. The van der Waals surface area contributed by atoms with E-state index < -0.39 is 12.8 Å². The standard InChI is InChI=1S/C10H14F3N3O2/c1-2-16-9(14-7-15-16)5-8(17)3-4-18-6-10(11,12)13/h7H,2-6H2,1H3. The van der Waals surface area contributed by atoms with Crippen LogP contribution in [-0.2, 0) is 22.5 Å². The lowest BCUT2D eigenvalue weighted by Crippen LogP contribution is -2.19. The van der Waals surface area contributed by atoms with Crippen molar-refractivity contribution < 1.29 is 22.7 Å². The molecule has 1 aromatic rings. The normalized spacial score (nSPS) is 11.8. The van der Waals surface area contributed by atoms with Gasteiger partial charge in [-0.15, -0.1) is 0 Å². The van der Waals surface area contributed by atoms with E-state index in [0.717, 1.165) is 0 Å². The van der Waals surface area contributed by atoms with E-state index >= 15 is 0 Å². The molecular weight excluding hydrogens is 251 g/mol. The molecule has 8 heteroatoms. The summed E-state index contributed by atoms with van der Waals surface area (Å²) in [6.45, 7) is 0.881. The van der Waals surface area contributed by atoms with Gasteiger partial charge in [-0.2, -0.15) is 18.3 Å². The molecule has 0 bridgehead atoms. The highest BCUT2D eigenvalue weighted by Gasteiger charge is 2.27. The third kappa shape index (κ3) is 5.26. The third-order valence-corrected chi connectivity index (χ3v) is 2.14. The Hall–Kier alpha value is -1.44. The van der Waals surface area contributed by atoms with Crippen molar-refractivity contribution in [2.75, 3.05) is 13.2 Å². The lowest BCUT2D eigenvalue weighted by atomic mass is 10.2. The van der Waals surface area contributed by atoms with Crippen molar-refractivity contribution in [3.63, 3.8) is 0 Å². The van der Waals surface area contributed by atoms with Gasteiger partial charge in [0, 0.05) is 13.0 Å². The second-order valence-corrected chi connectivity index (χ2v) is 3.63. The predicted molar refractivity (Wildman–Crippen MR) is 55.9 cm³/mol. The van der Waals surface area contributed by atoms with Crippen LogP contribution < -0.4 is 0 Å². The zero-order chi connectivity index (χ0) is 13.6. The highest BCUT2D eigenvalue weighted by molar-refractivity contribution is 5.80. The Bertz CT molecular complexity index is 390. The van der Waals surface area contributed by atoms with E-state index in [0.29, 0.717) is 12.4 Å². The van der Waals surface area contributed by atoms with Crippen LogP contribution in [0.4, 0.5) is 13.2 Å². The Morgan fingerprint density at radius 3 is 2.83 bits per heavy atom. The number of aromatic nitrogens is 3. The summed E-state index contributed by atoms with van der Waals surface area (Å²) < 4.78 is 41.2. The summed E-state index contributed by atoms with van der Waals surface area (Å²) in [5.74, 6) is 0.290. The zero-order valence-corrected chi connectivity index (χ0v) is 9.90. The molecule has 1 heterocycles. The summed E-state index contributed by atoms with van der Waals surface area (Å²) in [5.41, 5.74) is 0. The van der Waals surface area contributed by atoms with Crippen molar-refractivity contribution >= 4 is 5.78 Å². The van der Waals surface area contributed by atoms with E-state index in [1.807, 2.05) is 6.92 Å². The lowest BCUT2D eigenvalue weighted by Gasteiger charge is -2.07. The van der Waals surface area contributed by atoms with Gasteiger partial charge in [-0.1, -0.05) is 0 Å². The second-order valence-electron chi connectivity index (χ2n) is 3.63. The Morgan fingerprint density at radius 1 is 1.50 bits per heavy atom. The number of carbonyl (C=O) groups excluding carboxylic acids is 1. The first-order valence-electron chi connectivity index (χ1n) is 5.45. The number of aryl methyl sites for hydroxylation is 1. The summed E-state index contributed by atoms with van der Waals surface area (Å²) in [7, 11) is 0. The maximum Gasteiger partial charge on any atom is 0.411 e. The van der Waals surface area contributed by atoms with Gasteiger partial charge >= 0.3 is 6.18 Å². The van der Waals surface area contributed by atoms with Crippen molar-refractivity contribution in [3.05, 3.63) is 12.2 Å². The quantitative estimate of drug-likeness (QED) is 0.699. The molecule has 0 aliphatic heterocycles. The molecule has 1 aromatic heterocycles. The zero-order valence-electron chi connectivity index (χ0n) is 9.90. The maximum absolute atomic E-state index is 11.8. The molecule has 0 fully saturated rings. The highest BCUT2D eigenvalue weighted by atomic mass is 19.4. The topological polar surface area (TPSA) is 57.0 Å². The lowest BCUT2D eigenvalue weighted by molar-refractivity contribution is -0.174. The van der Waals surface area contributed by atoms with Crippen LogP contribution in [0.25, 0.3) is 0 Å². The largest absolute Gasteiger partial charge is 0.411 e. The van der Waals surface area contributed by atoms with Gasteiger partial charge in [-0.3, -0.25) is 4.79 Å². The predicted octanol–water partition coefficient (Wildman–Crippen LogP) is 1.38. The molecule has 0 unspecified atom stereocenters. The molecule has 0 N–H and O–H groups in total. The molecule has 0 amide bonds. The fourth-order valence-corrected chi connectivity index (χ4v) is 1.33. The molecule has 102 valence electrons. The number of nitrogens with zero attached hydrogens (tertiary/aromatic N) is 3. The number of ketones is 1. The first-order chi connectivity index (χ1) is 8.42. The van der Waals surface area contributed by atoms with Crippen LogP contribution in [-0.4, -0.2) is 39.9 Å². The molecule has 0 saturated heterocycles. The van der Waals surface area contributed by atoms with Crippen LogP contribution in [0.15, 0.2) is 6.33 Å². The number of hydrogen-bond acceptors (Lipinski definition) is 4. The number of rotatable bonds is 7. The first-order valence-corrected chi connectivity index (χ1v) is 5.45. The molecule has 0 aromatic carbocycles. The summed E-state index contributed by atoms with van der Waals surface area (Å²) in [5, 5.41) is 3.89. The third-order valence-electron chi connectivity index (χ3n) is 2.14. The Labute approximate surface area is 102 Å². The molecule has 0 spiro atoms. The van der Waals surface area contributed by atoms with Crippen molar-refractivity contribution in [2.45, 2.75) is 32.5 Å². The van der Waals surface area contributed by atoms with Crippen LogP contribution in [0.2, 0.25) is 0 Å². The Morgan fingerprint density at radius 2 is 2.22 bits per heavy atom. The average molecular weight is 265 g/mol. The smallest absolute Gasteiger partial charge is 0.372 e. The minimum atomic E-state index is -4.36. The molecule has 0 saturated carbocycles. The monoisotopic (exact) mass is 265 g/mol. The summed E-state index contributed by atoms with van der Waals surface area (Å²) >= 11 is 0. The average Bonchev–Trinajstić information content (AvgIpc) is 2.70. The minimum absolute atomic E-state index is 0.0587. The molecule has 0 atom stereocenters. The van der Waals surface area contributed by atoms with Gasteiger partial charge in [0.1, 0.15) is 24.5 Å². The van der Waals surface area contributed by atoms with Gasteiger partial charge in [0.2, 0.25) is 0 Å². The number of hydrogen-bond donors (Lipinski definition) is 0. The number of alkyl halides is 3. The summed E-state index contributed by atoms with van der Waals surface area (Å²) in [6, 6.07) is 0. The molecule has 18 heavy (non-hydrogen) atoms. The fraction of sp³-hybridized carbons (Fsp3) is 0.700. The summed E-state index contributed by atoms with van der Waals surface area (Å²) in [6.07, 6.45) is -3.02. The molecule has 0 aliphatic carbocycles. The van der Waals surface area contributed by atoms with Crippen LogP contribution in [0.5, 0.6) is 0 Å². The van der Waals surface area contributed by atoms with Crippen molar-refractivity contribution in [1.82, 2.24) is 14.8 Å². The highest BCUT2D eigenvalue weighted by Crippen LogP contribution is 2.14. The van der Waals surface area contributed by atoms with E-state index in [9.17, 15) is 18.0 Å². The molecule has 1 rings (SSSR count). The Kier molecular flexibility index (Phi) is 5.26. The molecule has 0 radical (unpaired) electrons. The molecule has 0 aliphatic rings. The van der Waals surface area contributed by atoms with Gasteiger partial charge < -0.3 is 4.74 Å². The van der Waals surface area contributed by atoms with Crippen LogP contribution in [0, 0.1) is 0 Å². The van der Waals surface area contributed by atoms with E-state index in [1.54, 1.807) is 4.68 Å². The molecular formula is C10H14F3N3O2. The summed E-state index contributed by atoms with van der Waals surface area (Å²) in [4.78, 5) is 15.4. The van der Waals surface area contributed by atoms with Crippen molar-refractivity contribution in [2.24, 2.45) is 0 Å². The van der Waals surface area contributed by atoms with Gasteiger partial charge in [0.15, 0.2) is 0 Å². The van der Waals surface area contributed by atoms with E-state index in [4.69, 9.17) is 0 Å². The van der Waals surface area contributed by atoms with E-state index in [2.05, 4.69) is 14.8 Å². The van der Waals surface area contributed by atoms with Crippen LogP contribution in [0.3, 0.4) is 0 Å². The number of halogens is 3. The van der Waals surface area contributed by atoms with Crippen molar-refractivity contribution in [1.29, 1.82) is 0 Å². The van der Waals surface area contributed by atoms with Crippen LogP contribution in [0.1, 0.15) is 19.2 Å². The van der Waals surface area contributed by atoms with Crippen LogP contribution >= 0.6 is 0 Å². The van der Waals surface area contributed by atoms with Gasteiger partial charge in [0.25, 0.3) is 0 Å². The van der Waals surface area contributed by atoms with Gasteiger partial charge in [-0.05, 0) is 6.92 Å². The van der Waals surface area contributed by atoms with Gasteiger partial charge in [-0.25, -0.2) is 9.67 Å². The maximum atomic E-state index is 11.8. The fourth-order valence-electron chi connectivity index (χ4n) is 1.33. The number of carbonyl (C=O) groups is 1. The minimum Gasteiger partial charge on any atom is -0.372 e. The first kappa shape index (κ1) is 14.6. The van der Waals surface area contributed by atoms with E-state index in [-0.39, 0.29) is 25.2 Å². The Balaban J connectivity index is 2.26. The second kappa shape index (κ2) is 6.48. The van der Waals surface area contributed by atoms with E-state index in [1.165, 1.54) is 6.33 Å². The SMILES string of the molecule is CCn1ncnc1CC(=O)CCOCC(F)(F)F. The number of ether oxygens (including phenoxy) is 1. The van der Waals surface area contributed by atoms with Crippen molar-refractivity contribution in [3.8, 4) is 0 Å². The molecule has 5 nitrogen and oxygen atoms in total. The van der Waals surface area contributed by atoms with Gasteiger partial charge in [0.05, 0.1) is 13.0 Å².